The molecule has 116 valence electrons. The third-order valence-corrected chi connectivity index (χ3v) is 4.44. The Balaban J connectivity index is 1.63. The average Bonchev–Trinajstić information content (AvgIpc) is 2.93. The number of carbonyl (C=O) groups excluding carboxylic acids is 2. The topological polar surface area (TPSA) is 64.7 Å². The summed E-state index contributed by atoms with van der Waals surface area (Å²) in [5.74, 6) is 0.116. The van der Waals surface area contributed by atoms with Crippen LogP contribution in [-0.2, 0) is 17.8 Å². The summed E-state index contributed by atoms with van der Waals surface area (Å²) in [5, 5.41) is 7.91. The van der Waals surface area contributed by atoms with Crippen molar-refractivity contribution in [2.45, 2.75) is 13.0 Å². The van der Waals surface area contributed by atoms with Crippen LogP contribution in [-0.4, -0.2) is 62.0 Å². The molecule has 0 saturated carbocycles. The molecule has 1 aliphatic heterocycles. The van der Waals surface area contributed by atoms with Crippen LogP contribution in [0.3, 0.4) is 0 Å². The third kappa shape index (κ3) is 4.44. The number of nitrogens with one attached hydrogen (secondary N) is 2. The van der Waals surface area contributed by atoms with Gasteiger partial charge < -0.3 is 20.4 Å². The Morgan fingerprint density at radius 2 is 2.19 bits per heavy atom. The minimum Gasteiger partial charge on any atom is -0.337 e. The van der Waals surface area contributed by atoms with Crippen molar-refractivity contribution in [2.24, 2.45) is 0 Å². The molecular weight excluding hydrogens is 288 g/mol. The first kappa shape index (κ1) is 15.8. The van der Waals surface area contributed by atoms with Gasteiger partial charge in [-0.25, -0.2) is 4.79 Å². The van der Waals surface area contributed by atoms with E-state index in [0.29, 0.717) is 19.6 Å². The highest BCUT2D eigenvalue weighted by Gasteiger charge is 2.20. The fourth-order valence-corrected chi connectivity index (χ4v) is 3.07. The van der Waals surface area contributed by atoms with Gasteiger partial charge in [0.25, 0.3) is 0 Å². The maximum Gasteiger partial charge on any atom is 0.316 e. The second-order valence-corrected chi connectivity index (χ2v) is 6.24. The molecule has 0 radical (unpaired) electrons. The van der Waals surface area contributed by atoms with E-state index >= 15 is 0 Å². The Bertz CT molecular complexity index is 501. The van der Waals surface area contributed by atoms with Gasteiger partial charge in [0.1, 0.15) is 0 Å². The molecule has 0 aliphatic carbocycles. The van der Waals surface area contributed by atoms with Gasteiger partial charge in [0, 0.05) is 45.2 Å². The molecule has 1 aromatic rings. The lowest BCUT2D eigenvalue weighted by molar-refractivity contribution is -0.131. The normalized spacial score (nSPS) is 13.7. The molecule has 1 aliphatic rings. The molecule has 2 heterocycles. The Hall–Kier alpha value is -1.60. The SMILES string of the molecule is CN(C)C(=O)NCCNCC(=O)N1CCc2sccc2C1. The van der Waals surface area contributed by atoms with Gasteiger partial charge in [-0.05, 0) is 23.4 Å². The van der Waals surface area contributed by atoms with Crippen molar-refractivity contribution in [3.8, 4) is 0 Å². The fraction of sp³-hybridized carbons (Fsp3) is 0.571. The molecule has 0 fully saturated rings. The van der Waals surface area contributed by atoms with E-state index in [1.807, 2.05) is 4.90 Å². The molecule has 0 bridgehead atoms. The molecule has 3 amide bonds. The van der Waals surface area contributed by atoms with E-state index in [4.69, 9.17) is 0 Å². The average molecular weight is 310 g/mol. The quantitative estimate of drug-likeness (QED) is 0.778. The molecule has 6 nitrogen and oxygen atoms in total. The number of thiophene rings is 1. The van der Waals surface area contributed by atoms with Crippen molar-refractivity contribution >= 4 is 23.3 Å². The van der Waals surface area contributed by atoms with E-state index in [1.165, 1.54) is 15.3 Å². The second-order valence-electron chi connectivity index (χ2n) is 5.24. The summed E-state index contributed by atoms with van der Waals surface area (Å²) in [6.45, 7) is 2.93. The molecule has 21 heavy (non-hydrogen) atoms. The standard InChI is InChI=1S/C14H22N4O2S/c1-17(2)14(20)16-6-5-15-9-13(19)18-7-3-12-11(10-18)4-8-21-12/h4,8,15H,3,5-7,9-10H2,1-2H3,(H,16,20). The number of carbonyl (C=O) groups is 2. The fourth-order valence-electron chi connectivity index (χ4n) is 2.18. The van der Waals surface area contributed by atoms with Gasteiger partial charge in [-0.15, -0.1) is 11.3 Å². The van der Waals surface area contributed by atoms with Crippen LogP contribution in [0.4, 0.5) is 4.79 Å². The molecule has 0 aromatic carbocycles. The van der Waals surface area contributed by atoms with Gasteiger partial charge >= 0.3 is 6.03 Å². The second kappa shape index (κ2) is 7.42. The number of fused-ring (bicyclic) bond motifs is 1. The smallest absolute Gasteiger partial charge is 0.316 e. The first-order valence-electron chi connectivity index (χ1n) is 7.07. The van der Waals surface area contributed by atoms with Crippen molar-refractivity contribution in [3.05, 3.63) is 21.9 Å². The van der Waals surface area contributed by atoms with Crippen LogP contribution in [0, 0.1) is 0 Å². The molecule has 2 N–H and O–H groups in total. The summed E-state index contributed by atoms with van der Waals surface area (Å²) < 4.78 is 0. The van der Waals surface area contributed by atoms with Crippen LogP contribution in [0.1, 0.15) is 10.4 Å². The Labute approximate surface area is 129 Å². The van der Waals surface area contributed by atoms with Crippen LogP contribution in [0.2, 0.25) is 0 Å². The highest BCUT2D eigenvalue weighted by molar-refractivity contribution is 7.10. The summed E-state index contributed by atoms with van der Waals surface area (Å²) in [5.41, 5.74) is 1.28. The molecule has 7 heteroatoms. The minimum atomic E-state index is -0.121. The summed E-state index contributed by atoms with van der Waals surface area (Å²) in [6, 6.07) is 1.98. The highest BCUT2D eigenvalue weighted by Crippen LogP contribution is 2.23. The van der Waals surface area contributed by atoms with Crippen LogP contribution in [0.5, 0.6) is 0 Å². The van der Waals surface area contributed by atoms with E-state index in [1.54, 1.807) is 25.4 Å². The Morgan fingerprint density at radius 3 is 2.95 bits per heavy atom. The zero-order valence-electron chi connectivity index (χ0n) is 12.5. The summed E-state index contributed by atoms with van der Waals surface area (Å²) in [4.78, 5) is 28.2. The highest BCUT2D eigenvalue weighted by atomic mass is 32.1. The lowest BCUT2D eigenvalue weighted by Gasteiger charge is -2.27. The molecule has 0 spiro atoms. The first-order valence-corrected chi connectivity index (χ1v) is 7.95. The van der Waals surface area contributed by atoms with Crippen molar-refractivity contribution < 1.29 is 9.59 Å². The van der Waals surface area contributed by atoms with Crippen LogP contribution in [0.25, 0.3) is 0 Å². The minimum absolute atomic E-state index is 0.116. The maximum atomic E-state index is 12.1. The third-order valence-electron chi connectivity index (χ3n) is 3.42. The predicted octanol–water partition coefficient (Wildman–Crippen LogP) is 0.494. The number of hydrogen-bond acceptors (Lipinski definition) is 4. The van der Waals surface area contributed by atoms with E-state index in [9.17, 15) is 9.59 Å². The van der Waals surface area contributed by atoms with Crippen molar-refractivity contribution in [1.82, 2.24) is 20.4 Å². The monoisotopic (exact) mass is 310 g/mol. The Kier molecular flexibility index (Phi) is 5.58. The van der Waals surface area contributed by atoms with Crippen LogP contribution >= 0.6 is 11.3 Å². The summed E-state index contributed by atoms with van der Waals surface area (Å²) in [6.07, 6.45) is 0.956. The zero-order chi connectivity index (χ0) is 15.2. The first-order chi connectivity index (χ1) is 10.1. The predicted molar refractivity (Wildman–Crippen MR) is 83.4 cm³/mol. The number of urea groups is 1. The van der Waals surface area contributed by atoms with E-state index < -0.39 is 0 Å². The van der Waals surface area contributed by atoms with Crippen LogP contribution < -0.4 is 10.6 Å². The van der Waals surface area contributed by atoms with Crippen LogP contribution in [0.15, 0.2) is 11.4 Å². The molecule has 0 atom stereocenters. The molecular formula is C14H22N4O2S. The molecule has 1 aromatic heterocycles. The zero-order valence-corrected chi connectivity index (χ0v) is 13.3. The van der Waals surface area contributed by atoms with Gasteiger partial charge in [-0.1, -0.05) is 0 Å². The van der Waals surface area contributed by atoms with E-state index in [-0.39, 0.29) is 11.9 Å². The number of rotatable bonds is 5. The Morgan fingerprint density at radius 1 is 1.38 bits per heavy atom. The van der Waals surface area contributed by atoms with Crippen molar-refractivity contribution in [3.63, 3.8) is 0 Å². The number of nitrogens with zero attached hydrogens (tertiary/aromatic N) is 2. The number of hydrogen-bond donors (Lipinski definition) is 2. The summed E-state index contributed by atoms with van der Waals surface area (Å²) >= 11 is 1.77. The largest absolute Gasteiger partial charge is 0.337 e. The number of amides is 3. The molecule has 0 saturated heterocycles. The van der Waals surface area contributed by atoms with E-state index in [2.05, 4.69) is 22.1 Å². The maximum absolute atomic E-state index is 12.1. The van der Waals surface area contributed by atoms with Gasteiger partial charge in [0.15, 0.2) is 0 Å². The van der Waals surface area contributed by atoms with Crippen molar-refractivity contribution in [1.29, 1.82) is 0 Å². The van der Waals surface area contributed by atoms with Gasteiger partial charge in [0.2, 0.25) is 5.91 Å². The van der Waals surface area contributed by atoms with E-state index in [0.717, 1.165) is 19.5 Å². The van der Waals surface area contributed by atoms with Gasteiger partial charge in [-0.2, -0.15) is 0 Å². The van der Waals surface area contributed by atoms with Gasteiger partial charge in [-0.3, -0.25) is 4.79 Å². The molecule has 2 rings (SSSR count). The lowest BCUT2D eigenvalue weighted by Crippen LogP contribution is -2.43. The summed E-state index contributed by atoms with van der Waals surface area (Å²) in [7, 11) is 3.39. The lowest BCUT2D eigenvalue weighted by atomic mass is 10.1. The molecule has 0 unspecified atom stereocenters. The van der Waals surface area contributed by atoms with Crippen molar-refractivity contribution in [2.75, 3.05) is 40.3 Å². The van der Waals surface area contributed by atoms with Gasteiger partial charge in [0.05, 0.1) is 6.54 Å².